The van der Waals surface area contributed by atoms with Crippen LogP contribution < -0.4 is 4.74 Å². The van der Waals surface area contributed by atoms with Gasteiger partial charge in [-0.05, 0) is 71.2 Å². The maximum absolute atomic E-state index is 13.4. The Kier molecular flexibility index (Phi) is 6.55. The van der Waals surface area contributed by atoms with Gasteiger partial charge in [-0.2, -0.15) is 22.0 Å². The number of nitrogens with zero attached hydrogens (tertiary/aromatic N) is 1. The smallest absolute Gasteiger partial charge is 0.448 e. The monoisotopic (exact) mass is 555 g/mol. The summed E-state index contributed by atoms with van der Waals surface area (Å²) >= 11 is 0. The predicted octanol–water partition coefficient (Wildman–Crippen LogP) is 8.18. The molecular weight excluding hydrogens is 529 g/mol. The molecule has 0 spiro atoms. The number of amides is 1. The molecule has 40 heavy (non-hydrogen) atoms. The number of alkyl halides is 5. The highest BCUT2D eigenvalue weighted by molar-refractivity contribution is 5.79. The van der Waals surface area contributed by atoms with Crippen LogP contribution in [0.2, 0.25) is 0 Å². The van der Waals surface area contributed by atoms with Crippen LogP contribution in [0, 0.1) is 0 Å². The number of carbonyl (C=O) groups is 1. The lowest BCUT2D eigenvalue weighted by Crippen LogP contribution is -2.51. The molecule has 0 aromatic heterocycles. The van der Waals surface area contributed by atoms with E-state index in [0.717, 1.165) is 59.2 Å². The Morgan fingerprint density at radius 2 is 1.48 bits per heavy atom. The van der Waals surface area contributed by atoms with Crippen molar-refractivity contribution in [2.24, 2.45) is 0 Å². The van der Waals surface area contributed by atoms with E-state index in [1.165, 1.54) is 12.1 Å². The van der Waals surface area contributed by atoms with E-state index >= 15 is 0 Å². The van der Waals surface area contributed by atoms with Gasteiger partial charge in [-0.15, -0.1) is 0 Å². The summed E-state index contributed by atoms with van der Waals surface area (Å²) in [5.41, 5.74) is 6.18. The molecule has 1 saturated heterocycles. The van der Waals surface area contributed by atoms with Crippen LogP contribution in [0.25, 0.3) is 16.7 Å². The fraction of sp³-hybridized carbons (Fsp3) is 0.323. The zero-order valence-corrected chi connectivity index (χ0v) is 21.3. The Labute approximate surface area is 228 Å². The molecule has 1 fully saturated rings. The van der Waals surface area contributed by atoms with Gasteiger partial charge in [0.05, 0.1) is 6.04 Å². The number of carbonyl (C=O) groups excluding carboxylic acids is 1. The lowest BCUT2D eigenvalue weighted by molar-refractivity contribution is -0.360. The highest BCUT2D eigenvalue weighted by atomic mass is 19.4. The Morgan fingerprint density at radius 1 is 0.850 bits per heavy atom. The van der Waals surface area contributed by atoms with Gasteiger partial charge in [0.1, 0.15) is 12.4 Å². The first-order chi connectivity index (χ1) is 19.1. The van der Waals surface area contributed by atoms with Crippen molar-refractivity contribution in [1.82, 2.24) is 4.90 Å². The van der Waals surface area contributed by atoms with Crippen LogP contribution >= 0.6 is 0 Å². The van der Waals surface area contributed by atoms with Gasteiger partial charge in [0.15, 0.2) is 0 Å². The summed E-state index contributed by atoms with van der Waals surface area (Å²) in [6.45, 7) is 0.226. The van der Waals surface area contributed by atoms with E-state index in [0.29, 0.717) is 12.0 Å². The molecule has 2 bridgehead atoms. The average Bonchev–Trinajstić information content (AvgIpc) is 3.24. The molecule has 208 valence electrons. The van der Waals surface area contributed by atoms with Gasteiger partial charge in [-0.1, -0.05) is 66.7 Å². The Bertz CT molecular complexity index is 1400. The molecule has 1 amide bonds. The molecule has 2 unspecified atom stereocenters. The predicted molar refractivity (Wildman–Crippen MR) is 139 cm³/mol. The number of hydrogen-bond acceptors (Lipinski definition) is 3. The first-order valence-electron chi connectivity index (χ1n) is 13.2. The first-order valence-corrected chi connectivity index (χ1v) is 13.2. The summed E-state index contributed by atoms with van der Waals surface area (Å²) in [6.07, 6.45) is -6.47. The summed E-state index contributed by atoms with van der Waals surface area (Å²) in [7, 11) is 0. The van der Waals surface area contributed by atoms with Crippen LogP contribution in [0.1, 0.15) is 48.3 Å². The maximum Gasteiger partial charge on any atom is 0.499 e. The fourth-order valence-electron chi connectivity index (χ4n) is 6.14. The van der Waals surface area contributed by atoms with Crippen LogP contribution in [0.5, 0.6) is 5.75 Å². The molecule has 9 heteroatoms. The van der Waals surface area contributed by atoms with E-state index in [9.17, 15) is 26.7 Å². The molecule has 3 aromatic rings. The van der Waals surface area contributed by atoms with Gasteiger partial charge in [0, 0.05) is 12.0 Å². The number of ether oxygens (including phenoxy) is 2. The van der Waals surface area contributed by atoms with Gasteiger partial charge < -0.3 is 9.47 Å². The summed E-state index contributed by atoms with van der Waals surface area (Å²) in [6, 6.07) is 21.1. The Morgan fingerprint density at radius 3 is 2.08 bits per heavy atom. The van der Waals surface area contributed by atoms with Crippen molar-refractivity contribution in [1.29, 1.82) is 0 Å². The topological polar surface area (TPSA) is 38.8 Å². The first kappa shape index (κ1) is 26.3. The van der Waals surface area contributed by atoms with Crippen molar-refractivity contribution in [3.63, 3.8) is 0 Å². The third-order valence-corrected chi connectivity index (χ3v) is 7.99. The van der Waals surface area contributed by atoms with Gasteiger partial charge in [0.2, 0.25) is 0 Å². The molecule has 4 nitrogen and oxygen atoms in total. The van der Waals surface area contributed by atoms with Crippen LogP contribution in [-0.4, -0.2) is 42.0 Å². The number of piperidine rings is 1. The van der Waals surface area contributed by atoms with Crippen LogP contribution in [0.3, 0.4) is 0 Å². The van der Waals surface area contributed by atoms with E-state index in [1.807, 2.05) is 30.3 Å². The molecule has 1 aliphatic carbocycles. The number of hydrogen-bond donors (Lipinski definition) is 0. The van der Waals surface area contributed by atoms with Crippen molar-refractivity contribution < 1.29 is 36.2 Å². The second kappa shape index (κ2) is 9.94. The highest BCUT2D eigenvalue weighted by Crippen LogP contribution is 2.45. The van der Waals surface area contributed by atoms with E-state index < -0.39 is 18.0 Å². The van der Waals surface area contributed by atoms with E-state index in [4.69, 9.17) is 4.74 Å². The Balaban J connectivity index is 1.16. The molecular formula is C31H26F5NO3. The molecule has 3 aliphatic rings. The van der Waals surface area contributed by atoms with E-state index in [1.54, 1.807) is 4.90 Å². The molecule has 6 rings (SSSR count). The summed E-state index contributed by atoms with van der Waals surface area (Å²) in [5.74, 6) is -0.625. The zero-order valence-electron chi connectivity index (χ0n) is 21.3. The molecule has 2 atom stereocenters. The minimum absolute atomic E-state index is 0.0439. The maximum atomic E-state index is 13.4. The largest absolute Gasteiger partial charge is 0.499 e. The van der Waals surface area contributed by atoms with Crippen molar-refractivity contribution >= 4 is 11.7 Å². The lowest BCUT2D eigenvalue weighted by Gasteiger charge is -2.44. The number of halogens is 5. The van der Waals surface area contributed by atoms with Crippen molar-refractivity contribution in [2.75, 3.05) is 6.61 Å². The average molecular weight is 556 g/mol. The molecule has 0 radical (unpaired) electrons. The highest BCUT2D eigenvalue weighted by Gasteiger charge is 2.61. The summed E-state index contributed by atoms with van der Waals surface area (Å²) in [5, 5.41) is 0. The lowest BCUT2D eigenvalue weighted by atomic mass is 9.83. The molecule has 3 aromatic carbocycles. The van der Waals surface area contributed by atoms with Crippen LogP contribution in [0.15, 0.2) is 78.9 Å². The number of benzene rings is 3. The number of fused-ring (bicyclic) bond motifs is 5. The fourth-order valence-corrected chi connectivity index (χ4v) is 6.14. The molecule has 2 aliphatic heterocycles. The van der Waals surface area contributed by atoms with Crippen molar-refractivity contribution in [3.8, 4) is 16.9 Å². The number of rotatable bonds is 5. The third kappa shape index (κ3) is 4.71. The van der Waals surface area contributed by atoms with Gasteiger partial charge in [-0.25, -0.2) is 4.79 Å². The minimum atomic E-state index is -5.81. The van der Waals surface area contributed by atoms with E-state index in [-0.39, 0.29) is 30.7 Å². The standard InChI is InChI=1S/C31H26F5NO3/c32-30(33,34)31(35,36)40-23-14-12-19(13-15-23)20-16-21-6-5-7-22(17-20)37(21)29(38)39-18-28-26-10-3-1-8-24(26)25-9-2-4-11-27(25)28/h1-4,8-16,21-22,28H,5-7,17-18H2. The molecule has 2 heterocycles. The van der Waals surface area contributed by atoms with Gasteiger partial charge >= 0.3 is 18.4 Å². The Hall–Kier alpha value is -3.88. The van der Waals surface area contributed by atoms with Crippen molar-refractivity contribution in [2.45, 2.75) is 56.0 Å². The van der Waals surface area contributed by atoms with Crippen LogP contribution in [-0.2, 0) is 4.74 Å². The zero-order chi connectivity index (χ0) is 28.1. The third-order valence-electron chi connectivity index (χ3n) is 7.99. The summed E-state index contributed by atoms with van der Waals surface area (Å²) in [4.78, 5) is 15.2. The molecule has 0 saturated carbocycles. The minimum Gasteiger partial charge on any atom is -0.448 e. The van der Waals surface area contributed by atoms with Crippen LogP contribution in [0.4, 0.5) is 26.7 Å². The van der Waals surface area contributed by atoms with Crippen molar-refractivity contribution in [3.05, 3.63) is 95.6 Å². The second-order valence-electron chi connectivity index (χ2n) is 10.4. The molecule has 0 N–H and O–H groups in total. The normalized spacial score (nSPS) is 20.4. The SMILES string of the molecule is O=C(OCC1c2ccccc2-c2ccccc21)N1C2C=C(c3ccc(OC(F)(F)C(F)(F)F)cc3)CC1CCC2. The quantitative estimate of drug-likeness (QED) is 0.298. The van der Waals surface area contributed by atoms with E-state index in [2.05, 4.69) is 29.0 Å². The second-order valence-corrected chi connectivity index (χ2v) is 10.4. The van der Waals surface area contributed by atoms with Gasteiger partial charge in [-0.3, -0.25) is 4.90 Å². The van der Waals surface area contributed by atoms with Gasteiger partial charge in [0.25, 0.3) is 0 Å². The summed E-state index contributed by atoms with van der Waals surface area (Å²) < 4.78 is 73.7.